The lowest BCUT2D eigenvalue weighted by Gasteiger charge is -2.46. The number of hydrogen-bond acceptors (Lipinski definition) is 10. The van der Waals surface area contributed by atoms with E-state index in [1.807, 2.05) is 0 Å². The summed E-state index contributed by atoms with van der Waals surface area (Å²) in [7, 11) is -4.01. The van der Waals surface area contributed by atoms with Crippen molar-refractivity contribution in [1.29, 1.82) is 0 Å². The number of carbonyl (C=O) groups is 1. The van der Waals surface area contributed by atoms with Gasteiger partial charge in [-0.1, -0.05) is 18.3 Å². The lowest BCUT2D eigenvalue weighted by atomic mass is 9.90. The number of thiazole rings is 1. The smallest absolute Gasteiger partial charge is 0.273 e. The summed E-state index contributed by atoms with van der Waals surface area (Å²) in [5.74, 6) is 0.210. The second-order valence-corrected chi connectivity index (χ2v) is 29.3. The van der Waals surface area contributed by atoms with E-state index in [1.54, 1.807) is 6.20 Å². The quantitative estimate of drug-likeness (QED) is 0.164. The third-order valence-corrected chi connectivity index (χ3v) is 11.5. The Kier molecular flexibility index (Phi) is 12.2. The van der Waals surface area contributed by atoms with Crippen LogP contribution in [0.15, 0.2) is 6.20 Å². The first-order valence-corrected chi connectivity index (χ1v) is 26.3. The van der Waals surface area contributed by atoms with Crippen molar-refractivity contribution in [3.63, 3.8) is 0 Å². The van der Waals surface area contributed by atoms with Gasteiger partial charge in [0.15, 0.2) is 25.0 Å². The third-order valence-electron chi connectivity index (χ3n) is 7.36. The number of rotatable bonds is 16. The number of carbonyl (C=O) groups excluding carboxylic acids is 1. The van der Waals surface area contributed by atoms with Crippen LogP contribution in [-0.4, -0.2) is 90.7 Å². The zero-order chi connectivity index (χ0) is 31.6. The first kappa shape index (κ1) is 36.0. The highest BCUT2D eigenvalue weighted by atomic mass is 32.1. The van der Waals surface area contributed by atoms with Crippen molar-refractivity contribution < 1.29 is 37.4 Å². The van der Waals surface area contributed by atoms with Gasteiger partial charge in [-0.05, 0) is 65.8 Å². The number of epoxide rings is 1. The SMILES string of the molecule is COc1ncc(C(O)CC(=O)C[C@@H]2C[C@@H](O[Si](C)(C)C)[C@H](O[Si](C)(C)C)[C@H](C[C@@H]3O[C@H]3[C@H](C)[C@H](C)O[Si](C)(C)C)O2)s1. The Morgan fingerprint density at radius 1 is 1.02 bits per heavy atom. The number of Topliss-reactive ketones (excluding diaryl/α,β-unsaturated/α-hetero) is 1. The molecule has 0 bridgehead atoms. The van der Waals surface area contributed by atoms with Crippen LogP contribution in [0.25, 0.3) is 0 Å². The highest BCUT2D eigenvalue weighted by Crippen LogP contribution is 2.41. The Balaban J connectivity index is 1.74. The van der Waals surface area contributed by atoms with Gasteiger partial charge in [0, 0.05) is 43.9 Å². The van der Waals surface area contributed by atoms with Gasteiger partial charge in [-0.15, -0.1) is 0 Å². The van der Waals surface area contributed by atoms with E-state index < -0.39 is 31.1 Å². The molecule has 42 heavy (non-hydrogen) atoms. The molecule has 1 N–H and O–H groups in total. The molecule has 13 heteroatoms. The summed E-state index contributed by atoms with van der Waals surface area (Å²) in [5, 5.41) is 11.1. The van der Waals surface area contributed by atoms with Crippen molar-refractivity contribution in [3.05, 3.63) is 11.1 Å². The van der Waals surface area contributed by atoms with E-state index in [4.69, 9.17) is 27.5 Å². The predicted octanol–water partition coefficient (Wildman–Crippen LogP) is 6.17. The fourth-order valence-electron chi connectivity index (χ4n) is 5.60. The summed E-state index contributed by atoms with van der Waals surface area (Å²) < 4.78 is 37.9. The molecule has 2 fully saturated rings. The van der Waals surface area contributed by atoms with Gasteiger partial charge in [-0.3, -0.25) is 4.79 Å². The highest BCUT2D eigenvalue weighted by Gasteiger charge is 2.51. The van der Waals surface area contributed by atoms with Crippen molar-refractivity contribution in [2.75, 3.05) is 7.11 Å². The number of aliphatic hydroxyl groups is 1. The van der Waals surface area contributed by atoms with E-state index in [0.29, 0.717) is 22.9 Å². The molecule has 0 aromatic carbocycles. The van der Waals surface area contributed by atoms with E-state index in [1.165, 1.54) is 18.4 Å². The van der Waals surface area contributed by atoms with Gasteiger partial charge in [0.25, 0.3) is 5.19 Å². The summed E-state index contributed by atoms with van der Waals surface area (Å²) in [6.45, 7) is 24.1. The van der Waals surface area contributed by atoms with E-state index in [2.05, 4.69) is 77.8 Å². The summed E-state index contributed by atoms with van der Waals surface area (Å²) >= 11 is 1.25. The highest BCUT2D eigenvalue weighted by molar-refractivity contribution is 7.13. The molecule has 2 aliphatic rings. The zero-order valence-corrected chi connectivity index (χ0v) is 31.6. The third kappa shape index (κ3) is 11.5. The summed E-state index contributed by atoms with van der Waals surface area (Å²) in [6.07, 6.45) is 1.44. The molecular formula is C29H55NO8SSi3. The number of nitrogens with zero attached hydrogens (tertiary/aromatic N) is 1. The van der Waals surface area contributed by atoms with Gasteiger partial charge in [-0.25, -0.2) is 4.98 Å². The summed E-state index contributed by atoms with van der Waals surface area (Å²) in [5.41, 5.74) is 0. The van der Waals surface area contributed by atoms with Crippen LogP contribution in [0, 0.1) is 5.92 Å². The van der Waals surface area contributed by atoms with Crippen LogP contribution >= 0.6 is 11.3 Å². The minimum atomic E-state index is -1.95. The fourth-order valence-corrected chi connectivity index (χ4v) is 9.91. The molecule has 0 amide bonds. The number of hydrogen-bond donors (Lipinski definition) is 1. The molecule has 0 aliphatic carbocycles. The van der Waals surface area contributed by atoms with Gasteiger partial charge >= 0.3 is 0 Å². The molecule has 3 heterocycles. The molecule has 1 aromatic rings. The lowest BCUT2D eigenvalue weighted by molar-refractivity contribution is -0.165. The maximum Gasteiger partial charge on any atom is 0.273 e. The molecule has 1 unspecified atom stereocenters. The number of methoxy groups -OCH3 is 1. The minimum Gasteiger partial charge on any atom is -0.473 e. The molecule has 0 saturated carbocycles. The Bertz CT molecular complexity index is 1020. The topological polar surface area (TPSA) is 109 Å². The van der Waals surface area contributed by atoms with Gasteiger partial charge < -0.3 is 32.6 Å². The van der Waals surface area contributed by atoms with Crippen molar-refractivity contribution in [2.45, 2.75) is 147 Å². The van der Waals surface area contributed by atoms with E-state index in [9.17, 15) is 9.90 Å². The van der Waals surface area contributed by atoms with Gasteiger partial charge in [0.1, 0.15) is 5.78 Å². The van der Waals surface area contributed by atoms with Crippen LogP contribution in [0.3, 0.4) is 0 Å². The van der Waals surface area contributed by atoms with Crippen LogP contribution in [0.1, 0.15) is 50.5 Å². The average molecular weight is 662 g/mol. The number of aliphatic hydroxyl groups excluding tert-OH is 1. The minimum absolute atomic E-state index is 0.00452. The van der Waals surface area contributed by atoms with Gasteiger partial charge in [0.05, 0.1) is 54.7 Å². The van der Waals surface area contributed by atoms with Crippen LogP contribution in [0.4, 0.5) is 0 Å². The summed E-state index contributed by atoms with van der Waals surface area (Å²) in [4.78, 5) is 17.9. The van der Waals surface area contributed by atoms with E-state index >= 15 is 0 Å². The molecule has 9 atom stereocenters. The van der Waals surface area contributed by atoms with Crippen molar-refractivity contribution in [3.8, 4) is 5.19 Å². The number of ketones is 1. The zero-order valence-electron chi connectivity index (χ0n) is 27.8. The Morgan fingerprint density at radius 2 is 1.67 bits per heavy atom. The fraction of sp³-hybridized carbons (Fsp3) is 0.862. The molecule has 9 nitrogen and oxygen atoms in total. The van der Waals surface area contributed by atoms with E-state index in [0.717, 1.165) is 0 Å². The van der Waals surface area contributed by atoms with Crippen LogP contribution < -0.4 is 4.74 Å². The first-order chi connectivity index (χ1) is 19.2. The van der Waals surface area contributed by atoms with Crippen molar-refractivity contribution in [2.24, 2.45) is 5.92 Å². The molecule has 242 valence electrons. The number of aromatic nitrogens is 1. The molecule has 2 saturated heterocycles. The normalized spacial score (nSPS) is 29.2. The van der Waals surface area contributed by atoms with Crippen LogP contribution in [0.2, 0.25) is 58.9 Å². The summed E-state index contributed by atoms with van der Waals surface area (Å²) in [6, 6.07) is 0. The number of ether oxygens (including phenoxy) is 3. The molecule has 1 aromatic heterocycles. The molecule has 3 rings (SSSR count). The Hall–Kier alpha value is -0.489. The standard InChI is InChI=1S/C29H55NO8SSi3/c1-18(19(2)36-40(4,5)6)27-23(35-27)16-24-28(38-42(10,11)12)25(37-41(7,8)9)15-21(34-24)13-20(31)14-22(32)26-17-30-29(33-3)39-26/h17-19,21-25,27-28,32H,13-16H2,1-12H3/t18-,19+,21-,22?,23+,24+,25-,27+,28-/m1/s1. The second kappa shape index (κ2) is 14.3. The average Bonchev–Trinajstić information content (AvgIpc) is 3.39. The molecular weight excluding hydrogens is 607 g/mol. The van der Waals surface area contributed by atoms with Crippen LogP contribution in [0.5, 0.6) is 5.19 Å². The maximum atomic E-state index is 13.2. The van der Waals surface area contributed by atoms with E-state index in [-0.39, 0.29) is 67.3 Å². The monoisotopic (exact) mass is 661 g/mol. The first-order valence-electron chi connectivity index (χ1n) is 15.3. The molecule has 0 radical (unpaired) electrons. The largest absolute Gasteiger partial charge is 0.473 e. The molecule has 2 aliphatic heterocycles. The maximum absolute atomic E-state index is 13.2. The Labute approximate surface area is 260 Å². The second-order valence-electron chi connectivity index (χ2n) is 14.9. The lowest BCUT2D eigenvalue weighted by Crippen LogP contribution is -2.56. The predicted molar refractivity (Wildman–Crippen MR) is 174 cm³/mol. The van der Waals surface area contributed by atoms with Gasteiger partial charge in [-0.2, -0.15) is 0 Å². The molecule has 0 spiro atoms. The van der Waals surface area contributed by atoms with Gasteiger partial charge in [0.2, 0.25) is 0 Å². The van der Waals surface area contributed by atoms with Crippen LogP contribution in [-0.2, 0) is 27.5 Å². The van der Waals surface area contributed by atoms with Crippen molar-refractivity contribution >= 4 is 42.1 Å². The Morgan fingerprint density at radius 3 is 2.21 bits per heavy atom. The van der Waals surface area contributed by atoms with Crippen molar-refractivity contribution in [1.82, 2.24) is 4.98 Å².